The second-order valence-corrected chi connectivity index (χ2v) is 3.66. The maximum atomic E-state index is 5.18. The van der Waals surface area contributed by atoms with Gasteiger partial charge < -0.3 is 9.64 Å². The monoisotopic (exact) mass is 219 g/mol. The van der Waals surface area contributed by atoms with Gasteiger partial charge in [0.25, 0.3) is 0 Å². The van der Waals surface area contributed by atoms with Crippen LogP contribution in [0.25, 0.3) is 6.08 Å². The van der Waals surface area contributed by atoms with Gasteiger partial charge in [-0.1, -0.05) is 38.1 Å². The minimum Gasteiger partial charge on any atom is -0.497 e. The van der Waals surface area contributed by atoms with Gasteiger partial charge >= 0.3 is 0 Å². The Morgan fingerprint density at radius 2 is 2.00 bits per heavy atom. The van der Waals surface area contributed by atoms with E-state index in [9.17, 15) is 0 Å². The van der Waals surface area contributed by atoms with E-state index in [-0.39, 0.29) is 0 Å². The highest BCUT2D eigenvalue weighted by molar-refractivity contribution is 5.51. The highest BCUT2D eigenvalue weighted by atomic mass is 16.5. The van der Waals surface area contributed by atoms with Gasteiger partial charge in [-0.3, -0.25) is 0 Å². The molecule has 0 N–H and O–H groups in total. The van der Waals surface area contributed by atoms with E-state index >= 15 is 0 Å². The van der Waals surface area contributed by atoms with Gasteiger partial charge in [0.2, 0.25) is 0 Å². The summed E-state index contributed by atoms with van der Waals surface area (Å²) in [5, 5.41) is 0. The fraction of sp³-hybridized carbons (Fsp3) is 0.429. The molecule has 0 radical (unpaired) electrons. The molecule has 0 unspecified atom stereocenters. The highest BCUT2D eigenvalue weighted by Gasteiger charge is 1.94. The molecule has 2 heteroatoms. The molecule has 0 atom stereocenters. The molecule has 0 bridgehead atoms. The molecule has 0 aliphatic heterocycles. The number of rotatable bonds is 6. The van der Waals surface area contributed by atoms with Crippen molar-refractivity contribution >= 4 is 6.08 Å². The Kier molecular flexibility index (Phi) is 5.65. The third kappa shape index (κ3) is 4.07. The Labute approximate surface area is 98.5 Å². The lowest BCUT2D eigenvalue weighted by atomic mass is 10.2. The van der Waals surface area contributed by atoms with Crippen LogP contribution in [0.5, 0.6) is 5.75 Å². The van der Waals surface area contributed by atoms with E-state index in [1.54, 1.807) is 7.11 Å². The van der Waals surface area contributed by atoms with Crippen molar-refractivity contribution < 1.29 is 4.74 Å². The van der Waals surface area contributed by atoms with Crippen molar-refractivity contribution in [1.29, 1.82) is 0 Å². The maximum absolute atomic E-state index is 5.18. The Balaban J connectivity index is 2.55. The van der Waals surface area contributed by atoms with Crippen LogP contribution < -0.4 is 4.74 Å². The molecule has 0 heterocycles. The lowest BCUT2D eigenvalue weighted by Crippen LogP contribution is -2.22. The molecule has 0 fully saturated rings. The van der Waals surface area contributed by atoms with Gasteiger partial charge in [0, 0.05) is 6.54 Å². The third-order valence-electron chi connectivity index (χ3n) is 2.66. The molecule has 0 saturated carbocycles. The highest BCUT2D eigenvalue weighted by Crippen LogP contribution is 2.13. The Hall–Kier alpha value is -1.28. The lowest BCUT2D eigenvalue weighted by Gasteiger charge is -2.14. The molecule has 16 heavy (non-hydrogen) atoms. The second kappa shape index (κ2) is 7.07. The lowest BCUT2D eigenvalue weighted by molar-refractivity contribution is 0.338. The van der Waals surface area contributed by atoms with E-state index in [0.717, 1.165) is 25.4 Å². The predicted octanol–water partition coefficient (Wildman–Crippen LogP) is 3.05. The van der Waals surface area contributed by atoms with Crippen LogP contribution in [-0.2, 0) is 0 Å². The van der Waals surface area contributed by atoms with Crippen molar-refractivity contribution in [2.45, 2.75) is 13.8 Å². The average Bonchev–Trinajstić information content (AvgIpc) is 2.35. The zero-order valence-electron chi connectivity index (χ0n) is 10.4. The topological polar surface area (TPSA) is 12.5 Å². The molecule has 0 aromatic heterocycles. The van der Waals surface area contributed by atoms with Crippen molar-refractivity contribution in [2.24, 2.45) is 0 Å². The van der Waals surface area contributed by atoms with Gasteiger partial charge in [0.1, 0.15) is 5.75 Å². The quantitative estimate of drug-likeness (QED) is 0.729. The standard InChI is InChI=1S/C14H21NO/c1-4-15(5-2)11-7-9-13-8-6-10-14(12-13)16-3/h6-10,12H,4-5,11H2,1-3H3. The van der Waals surface area contributed by atoms with Crippen molar-refractivity contribution in [2.75, 3.05) is 26.7 Å². The largest absolute Gasteiger partial charge is 0.497 e. The Morgan fingerprint density at radius 3 is 2.62 bits per heavy atom. The van der Waals surface area contributed by atoms with E-state index in [2.05, 4.69) is 37.0 Å². The molecule has 0 saturated heterocycles. The molecule has 2 nitrogen and oxygen atoms in total. The van der Waals surface area contributed by atoms with Gasteiger partial charge in [-0.15, -0.1) is 0 Å². The summed E-state index contributed by atoms with van der Waals surface area (Å²) in [6.07, 6.45) is 4.34. The van der Waals surface area contributed by atoms with Crippen LogP contribution in [-0.4, -0.2) is 31.6 Å². The molecule has 1 rings (SSSR count). The van der Waals surface area contributed by atoms with Crippen LogP contribution >= 0.6 is 0 Å². The van der Waals surface area contributed by atoms with E-state index in [4.69, 9.17) is 4.74 Å². The molecule has 0 spiro atoms. The summed E-state index contributed by atoms with van der Waals surface area (Å²) >= 11 is 0. The number of methoxy groups -OCH3 is 1. The summed E-state index contributed by atoms with van der Waals surface area (Å²) in [5.74, 6) is 0.907. The molecule has 0 amide bonds. The first-order chi connectivity index (χ1) is 7.80. The van der Waals surface area contributed by atoms with Gasteiger partial charge in [0.05, 0.1) is 7.11 Å². The van der Waals surface area contributed by atoms with Crippen LogP contribution in [0.1, 0.15) is 19.4 Å². The van der Waals surface area contributed by atoms with E-state index in [1.807, 2.05) is 18.2 Å². The smallest absolute Gasteiger partial charge is 0.119 e. The summed E-state index contributed by atoms with van der Waals surface area (Å²) < 4.78 is 5.18. The minimum atomic E-state index is 0.907. The SMILES string of the molecule is CCN(CC)CC=Cc1cccc(OC)c1. The number of hydrogen-bond donors (Lipinski definition) is 0. The molecular weight excluding hydrogens is 198 g/mol. The fourth-order valence-corrected chi connectivity index (χ4v) is 1.56. The molecule has 0 aliphatic rings. The van der Waals surface area contributed by atoms with Gasteiger partial charge in [-0.25, -0.2) is 0 Å². The van der Waals surface area contributed by atoms with E-state index < -0.39 is 0 Å². The second-order valence-electron chi connectivity index (χ2n) is 3.66. The predicted molar refractivity (Wildman–Crippen MR) is 69.8 cm³/mol. The van der Waals surface area contributed by atoms with Crippen LogP contribution in [0.3, 0.4) is 0 Å². The number of nitrogens with zero attached hydrogens (tertiary/aromatic N) is 1. The summed E-state index contributed by atoms with van der Waals surface area (Å²) in [5.41, 5.74) is 1.19. The maximum Gasteiger partial charge on any atom is 0.119 e. The third-order valence-corrected chi connectivity index (χ3v) is 2.66. The summed E-state index contributed by atoms with van der Waals surface area (Å²) in [6.45, 7) is 7.56. The van der Waals surface area contributed by atoms with Crippen LogP contribution in [0.2, 0.25) is 0 Å². The van der Waals surface area contributed by atoms with Crippen LogP contribution in [0.15, 0.2) is 30.3 Å². The van der Waals surface area contributed by atoms with Gasteiger partial charge in [-0.05, 0) is 30.8 Å². The molecule has 88 valence electrons. The fourth-order valence-electron chi connectivity index (χ4n) is 1.56. The first kappa shape index (κ1) is 12.8. The Bertz CT molecular complexity index is 329. The minimum absolute atomic E-state index is 0.907. The number of benzene rings is 1. The summed E-state index contributed by atoms with van der Waals surface area (Å²) in [7, 11) is 1.69. The zero-order chi connectivity index (χ0) is 11.8. The van der Waals surface area contributed by atoms with Crippen molar-refractivity contribution in [3.05, 3.63) is 35.9 Å². The van der Waals surface area contributed by atoms with Crippen LogP contribution in [0, 0.1) is 0 Å². The van der Waals surface area contributed by atoms with Crippen molar-refractivity contribution in [3.63, 3.8) is 0 Å². The first-order valence-corrected chi connectivity index (χ1v) is 5.83. The average molecular weight is 219 g/mol. The number of ether oxygens (including phenoxy) is 1. The van der Waals surface area contributed by atoms with Gasteiger partial charge in [-0.2, -0.15) is 0 Å². The normalized spacial score (nSPS) is 11.2. The molecular formula is C14H21NO. The van der Waals surface area contributed by atoms with Gasteiger partial charge in [0.15, 0.2) is 0 Å². The number of hydrogen-bond acceptors (Lipinski definition) is 2. The summed E-state index contributed by atoms with van der Waals surface area (Å²) in [6, 6.07) is 8.09. The number of likely N-dealkylation sites (N-methyl/N-ethyl adjacent to an activating group) is 1. The Morgan fingerprint density at radius 1 is 1.25 bits per heavy atom. The zero-order valence-corrected chi connectivity index (χ0v) is 10.4. The first-order valence-electron chi connectivity index (χ1n) is 5.83. The van der Waals surface area contributed by atoms with Crippen molar-refractivity contribution in [3.8, 4) is 5.75 Å². The molecule has 1 aromatic rings. The summed E-state index contributed by atoms with van der Waals surface area (Å²) in [4.78, 5) is 2.37. The van der Waals surface area contributed by atoms with Crippen molar-refractivity contribution in [1.82, 2.24) is 4.90 Å². The van der Waals surface area contributed by atoms with Crippen LogP contribution in [0.4, 0.5) is 0 Å². The molecule has 1 aromatic carbocycles. The van der Waals surface area contributed by atoms with E-state index in [0.29, 0.717) is 0 Å². The molecule has 0 aliphatic carbocycles. The van der Waals surface area contributed by atoms with E-state index in [1.165, 1.54) is 5.56 Å².